The van der Waals surface area contributed by atoms with Gasteiger partial charge >= 0.3 is 5.69 Å². The fourth-order valence-electron chi connectivity index (χ4n) is 1.58. The second-order valence-electron chi connectivity index (χ2n) is 3.20. The number of morpholine rings is 1. The van der Waals surface area contributed by atoms with Gasteiger partial charge in [-0.3, -0.25) is 10.1 Å². The number of rotatable bonds is 2. The van der Waals surface area contributed by atoms with E-state index in [1.54, 1.807) is 0 Å². The number of ether oxygens (including phenoxy) is 1. The van der Waals surface area contributed by atoms with Crippen LogP contribution in [0.25, 0.3) is 0 Å². The van der Waals surface area contributed by atoms with Crippen LogP contribution in [0.2, 0.25) is 8.67 Å². The van der Waals surface area contributed by atoms with Gasteiger partial charge in [-0.2, -0.15) is 0 Å². The largest absolute Gasteiger partial charge is 0.378 e. The second kappa shape index (κ2) is 4.75. The summed E-state index contributed by atoms with van der Waals surface area (Å²) in [5.41, 5.74) is 0.323. The van der Waals surface area contributed by atoms with Crippen LogP contribution in [0, 0.1) is 10.1 Å². The van der Waals surface area contributed by atoms with Gasteiger partial charge in [0.15, 0.2) is 4.34 Å². The first-order valence-corrected chi connectivity index (χ1v) is 6.13. The molecule has 1 aliphatic rings. The monoisotopic (exact) mass is 282 g/mol. The van der Waals surface area contributed by atoms with Crippen LogP contribution in [-0.4, -0.2) is 31.2 Å². The molecule has 0 radical (unpaired) electrons. The molecule has 2 heterocycles. The highest BCUT2D eigenvalue weighted by atomic mass is 35.5. The first kappa shape index (κ1) is 11.9. The fourth-order valence-corrected chi connectivity index (χ4v) is 3.28. The quantitative estimate of drug-likeness (QED) is 0.618. The molecule has 5 nitrogen and oxygen atoms in total. The molecule has 8 heteroatoms. The Balaban J connectivity index is 2.41. The molecule has 0 amide bonds. The Hall–Kier alpha value is -0.560. The van der Waals surface area contributed by atoms with Gasteiger partial charge < -0.3 is 9.64 Å². The number of thiophene rings is 1. The van der Waals surface area contributed by atoms with Crippen LogP contribution in [0.1, 0.15) is 0 Å². The molecular formula is C8H8Cl2N2O3S. The molecule has 0 atom stereocenters. The summed E-state index contributed by atoms with van der Waals surface area (Å²) in [5.74, 6) is 0. The molecule has 0 aliphatic carbocycles. The highest BCUT2D eigenvalue weighted by molar-refractivity contribution is 7.21. The van der Waals surface area contributed by atoms with Gasteiger partial charge in [0.1, 0.15) is 10.0 Å². The third-order valence-electron chi connectivity index (χ3n) is 2.29. The molecule has 0 aromatic carbocycles. The first-order chi connectivity index (χ1) is 7.61. The first-order valence-electron chi connectivity index (χ1n) is 4.56. The summed E-state index contributed by atoms with van der Waals surface area (Å²) in [7, 11) is 0. The van der Waals surface area contributed by atoms with E-state index < -0.39 is 4.92 Å². The van der Waals surface area contributed by atoms with E-state index in [1.807, 2.05) is 4.90 Å². The van der Waals surface area contributed by atoms with E-state index >= 15 is 0 Å². The molecule has 1 fully saturated rings. The Morgan fingerprint density at radius 3 is 2.50 bits per heavy atom. The fraction of sp³-hybridized carbons (Fsp3) is 0.500. The van der Waals surface area contributed by atoms with E-state index in [2.05, 4.69) is 0 Å². The lowest BCUT2D eigenvalue weighted by atomic mass is 10.3. The summed E-state index contributed by atoms with van der Waals surface area (Å²) in [6, 6.07) is 0. The molecule has 0 N–H and O–H groups in total. The van der Waals surface area contributed by atoms with E-state index in [-0.39, 0.29) is 10.0 Å². The van der Waals surface area contributed by atoms with Gasteiger partial charge in [0.05, 0.1) is 18.1 Å². The average molecular weight is 283 g/mol. The third-order valence-corrected chi connectivity index (χ3v) is 3.85. The molecule has 0 spiro atoms. The van der Waals surface area contributed by atoms with Gasteiger partial charge in [-0.15, -0.1) is 11.3 Å². The van der Waals surface area contributed by atoms with Gasteiger partial charge in [-0.1, -0.05) is 23.2 Å². The van der Waals surface area contributed by atoms with Crippen molar-refractivity contribution < 1.29 is 9.66 Å². The maximum absolute atomic E-state index is 10.9. The predicted molar refractivity (Wildman–Crippen MR) is 64.0 cm³/mol. The topological polar surface area (TPSA) is 55.6 Å². The summed E-state index contributed by atoms with van der Waals surface area (Å²) in [5, 5.41) is 10.9. The molecule has 88 valence electrons. The van der Waals surface area contributed by atoms with Crippen molar-refractivity contribution in [2.75, 3.05) is 31.2 Å². The zero-order chi connectivity index (χ0) is 11.7. The van der Waals surface area contributed by atoms with E-state index in [1.165, 1.54) is 0 Å². The molecule has 1 aliphatic heterocycles. The number of hydrogen-bond acceptors (Lipinski definition) is 5. The highest BCUT2D eigenvalue weighted by Crippen LogP contribution is 2.48. The van der Waals surface area contributed by atoms with Gasteiger partial charge in [0.25, 0.3) is 0 Å². The molecule has 0 saturated carbocycles. The SMILES string of the molecule is O=[N+]([O-])c1c(Cl)sc(Cl)c1N1CCOCC1. The lowest BCUT2D eigenvalue weighted by Gasteiger charge is -2.27. The van der Waals surface area contributed by atoms with Crippen LogP contribution in [-0.2, 0) is 4.74 Å². The van der Waals surface area contributed by atoms with Crippen molar-refractivity contribution in [3.05, 3.63) is 18.8 Å². The molecular weight excluding hydrogens is 275 g/mol. The molecule has 0 unspecified atom stereocenters. The average Bonchev–Trinajstić information content (AvgIpc) is 2.55. The van der Waals surface area contributed by atoms with Gasteiger partial charge in [0, 0.05) is 13.1 Å². The van der Waals surface area contributed by atoms with Crippen molar-refractivity contribution >= 4 is 45.9 Å². The van der Waals surface area contributed by atoms with Crippen molar-refractivity contribution in [3.8, 4) is 0 Å². The van der Waals surface area contributed by atoms with Crippen molar-refractivity contribution in [2.24, 2.45) is 0 Å². The van der Waals surface area contributed by atoms with E-state index in [0.29, 0.717) is 36.3 Å². The summed E-state index contributed by atoms with van der Waals surface area (Å²) < 4.78 is 5.67. The Kier molecular flexibility index (Phi) is 3.53. The van der Waals surface area contributed by atoms with Crippen molar-refractivity contribution in [3.63, 3.8) is 0 Å². The minimum absolute atomic E-state index is 0.0985. The van der Waals surface area contributed by atoms with Gasteiger partial charge in [0.2, 0.25) is 0 Å². The number of hydrogen-bond donors (Lipinski definition) is 0. The number of nitrogens with zero attached hydrogens (tertiary/aromatic N) is 2. The smallest absolute Gasteiger partial charge is 0.323 e. The molecule has 1 saturated heterocycles. The van der Waals surface area contributed by atoms with Crippen molar-refractivity contribution in [1.29, 1.82) is 0 Å². The number of halogens is 2. The van der Waals surface area contributed by atoms with E-state index in [9.17, 15) is 10.1 Å². The van der Waals surface area contributed by atoms with Gasteiger partial charge in [-0.25, -0.2) is 0 Å². The minimum atomic E-state index is -0.491. The van der Waals surface area contributed by atoms with Crippen LogP contribution in [0.5, 0.6) is 0 Å². The highest BCUT2D eigenvalue weighted by Gasteiger charge is 2.30. The molecule has 0 bridgehead atoms. The number of nitro groups is 1. The van der Waals surface area contributed by atoms with Crippen LogP contribution < -0.4 is 4.90 Å². The van der Waals surface area contributed by atoms with E-state index in [4.69, 9.17) is 27.9 Å². The maximum atomic E-state index is 10.9. The minimum Gasteiger partial charge on any atom is -0.378 e. The van der Waals surface area contributed by atoms with Crippen LogP contribution in [0.4, 0.5) is 11.4 Å². The Morgan fingerprint density at radius 2 is 1.94 bits per heavy atom. The molecule has 1 aromatic heterocycles. The summed E-state index contributed by atoms with van der Waals surface area (Å²) in [6.45, 7) is 2.27. The maximum Gasteiger partial charge on any atom is 0.323 e. The zero-order valence-electron chi connectivity index (χ0n) is 8.11. The van der Waals surface area contributed by atoms with Crippen LogP contribution in [0.15, 0.2) is 0 Å². The zero-order valence-corrected chi connectivity index (χ0v) is 10.4. The molecule has 1 aromatic rings. The molecule has 16 heavy (non-hydrogen) atoms. The lowest BCUT2D eigenvalue weighted by molar-refractivity contribution is -0.383. The third kappa shape index (κ3) is 2.10. The predicted octanol–water partition coefficient (Wildman–Crippen LogP) is 2.80. The Morgan fingerprint density at radius 1 is 1.31 bits per heavy atom. The van der Waals surface area contributed by atoms with Crippen molar-refractivity contribution in [2.45, 2.75) is 0 Å². The molecule has 2 rings (SSSR count). The van der Waals surface area contributed by atoms with Crippen molar-refractivity contribution in [1.82, 2.24) is 0 Å². The van der Waals surface area contributed by atoms with Crippen LogP contribution >= 0.6 is 34.5 Å². The van der Waals surface area contributed by atoms with E-state index in [0.717, 1.165) is 11.3 Å². The lowest BCUT2D eigenvalue weighted by Crippen LogP contribution is -2.36. The Labute approximate surface area is 106 Å². The standard InChI is InChI=1S/C8H8Cl2N2O3S/c9-7-5(11-1-3-15-4-2-11)6(12(13)14)8(10)16-7/h1-4H2. The number of anilines is 1. The van der Waals surface area contributed by atoms with Crippen LogP contribution in [0.3, 0.4) is 0 Å². The Bertz CT molecular complexity index is 418. The second-order valence-corrected chi connectivity index (χ2v) is 5.43. The summed E-state index contributed by atoms with van der Waals surface area (Å²) in [6.07, 6.45) is 0. The summed E-state index contributed by atoms with van der Waals surface area (Å²) in [4.78, 5) is 12.3. The normalized spacial score (nSPS) is 16.5. The van der Waals surface area contributed by atoms with Gasteiger partial charge in [-0.05, 0) is 0 Å². The summed E-state index contributed by atoms with van der Waals surface area (Å²) >= 11 is 12.8.